The molecule has 0 bridgehead atoms. The van der Waals surface area contributed by atoms with Crippen LogP contribution in [0.3, 0.4) is 0 Å². The number of benzene rings is 2. The van der Waals surface area contributed by atoms with Crippen molar-refractivity contribution in [2.45, 2.75) is 19.9 Å². The van der Waals surface area contributed by atoms with Gasteiger partial charge in [-0.3, -0.25) is 14.5 Å². The number of anilines is 1. The van der Waals surface area contributed by atoms with Crippen LogP contribution in [0.25, 0.3) is 11.0 Å². The second kappa shape index (κ2) is 8.09. The molecule has 0 N–H and O–H groups in total. The molecule has 166 valence electrons. The molecule has 7 heteroatoms. The maximum Gasteiger partial charge on any atom is 0.296 e. The Morgan fingerprint density at radius 2 is 1.88 bits per heavy atom. The van der Waals surface area contributed by atoms with Crippen LogP contribution in [0.4, 0.5) is 5.82 Å². The van der Waals surface area contributed by atoms with E-state index in [4.69, 9.17) is 13.9 Å². The van der Waals surface area contributed by atoms with E-state index in [0.29, 0.717) is 40.5 Å². The molecule has 0 fully saturated rings. The third-order valence-corrected chi connectivity index (χ3v) is 5.72. The first kappa shape index (κ1) is 20.8. The molecule has 0 unspecified atom stereocenters. The average Bonchev–Trinajstić information content (AvgIpc) is 3.13. The van der Waals surface area contributed by atoms with Crippen molar-refractivity contribution in [1.82, 2.24) is 4.98 Å². The van der Waals surface area contributed by atoms with Crippen LogP contribution in [0.15, 0.2) is 70.0 Å². The number of hydrogen-bond donors (Lipinski definition) is 0. The number of fused-ring (bicyclic) bond motifs is 2. The fourth-order valence-electron chi connectivity index (χ4n) is 4.20. The maximum atomic E-state index is 13.6. The minimum absolute atomic E-state index is 0.0268. The third-order valence-electron chi connectivity index (χ3n) is 5.72. The van der Waals surface area contributed by atoms with Crippen LogP contribution in [-0.2, 0) is 0 Å². The predicted molar refractivity (Wildman–Crippen MR) is 124 cm³/mol. The van der Waals surface area contributed by atoms with Crippen molar-refractivity contribution in [2.75, 3.05) is 18.6 Å². The molecule has 2 aromatic carbocycles. The number of ether oxygens (including phenoxy) is 2. The number of carbonyl (C=O) groups excluding carboxylic acids is 1. The molecular formula is C26H22N2O5. The molecule has 4 aromatic rings. The van der Waals surface area contributed by atoms with Crippen molar-refractivity contribution in [1.29, 1.82) is 0 Å². The van der Waals surface area contributed by atoms with Gasteiger partial charge in [-0.25, -0.2) is 4.98 Å². The second-order valence-corrected chi connectivity index (χ2v) is 7.78. The van der Waals surface area contributed by atoms with E-state index in [1.165, 1.54) is 4.90 Å². The zero-order valence-electron chi connectivity index (χ0n) is 18.5. The Balaban J connectivity index is 1.77. The number of rotatable bonds is 5. The number of amides is 1. The summed E-state index contributed by atoms with van der Waals surface area (Å²) >= 11 is 0. The Morgan fingerprint density at radius 1 is 1.06 bits per heavy atom. The van der Waals surface area contributed by atoms with Crippen LogP contribution in [-0.4, -0.2) is 24.6 Å². The predicted octanol–water partition coefficient (Wildman–Crippen LogP) is 4.65. The number of carbonyl (C=O) groups is 1. The largest absolute Gasteiger partial charge is 0.493 e. The Hall–Kier alpha value is -4.13. The Kier molecular flexibility index (Phi) is 5.09. The normalized spacial score (nSPS) is 15.1. The lowest BCUT2D eigenvalue weighted by molar-refractivity contribution is 0.0970. The third kappa shape index (κ3) is 3.33. The highest BCUT2D eigenvalue weighted by atomic mass is 16.5. The van der Waals surface area contributed by atoms with Gasteiger partial charge in [-0.15, -0.1) is 0 Å². The Morgan fingerprint density at radius 3 is 2.61 bits per heavy atom. The summed E-state index contributed by atoms with van der Waals surface area (Å²) in [5.74, 6) is 1.13. The van der Waals surface area contributed by atoms with E-state index < -0.39 is 11.9 Å². The van der Waals surface area contributed by atoms with Crippen molar-refractivity contribution in [3.05, 3.63) is 93.5 Å². The topological polar surface area (TPSA) is 81.9 Å². The second-order valence-electron chi connectivity index (χ2n) is 7.78. The standard InChI is InChI=1S/C26H22N2O5/c1-4-32-19-11-10-16(13-20(19)31-3)23-22-24(29)17-7-5-6-8-18(17)33-25(22)26(30)28(23)21-12-9-15(2)14-27-21/h5-14,23H,4H2,1-3H3/t23-/m0/s1. The van der Waals surface area contributed by atoms with E-state index in [1.807, 2.05) is 26.0 Å². The summed E-state index contributed by atoms with van der Waals surface area (Å²) in [5.41, 5.74) is 2.06. The first-order valence-electron chi connectivity index (χ1n) is 10.7. The molecule has 0 aliphatic carbocycles. The summed E-state index contributed by atoms with van der Waals surface area (Å²) in [5, 5.41) is 0.422. The molecule has 0 spiro atoms. The van der Waals surface area contributed by atoms with Gasteiger partial charge in [-0.05, 0) is 55.3 Å². The number of methoxy groups -OCH3 is 1. The van der Waals surface area contributed by atoms with Gasteiger partial charge < -0.3 is 13.9 Å². The molecule has 1 amide bonds. The van der Waals surface area contributed by atoms with Crippen LogP contribution in [0.2, 0.25) is 0 Å². The summed E-state index contributed by atoms with van der Waals surface area (Å²) in [6.45, 7) is 4.29. The summed E-state index contributed by atoms with van der Waals surface area (Å²) in [6.07, 6.45) is 1.69. The molecule has 5 rings (SSSR count). The monoisotopic (exact) mass is 442 g/mol. The molecule has 7 nitrogen and oxygen atoms in total. The highest BCUT2D eigenvalue weighted by Gasteiger charge is 2.44. The first-order valence-corrected chi connectivity index (χ1v) is 10.7. The minimum atomic E-state index is -0.729. The van der Waals surface area contributed by atoms with Crippen molar-refractivity contribution in [2.24, 2.45) is 0 Å². The van der Waals surface area contributed by atoms with Gasteiger partial charge in [-0.1, -0.05) is 24.3 Å². The summed E-state index contributed by atoms with van der Waals surface area (Å²) in [4.78, 5) is 33.1. The fourth-order valence-corrected chi connectivity index (χ4v) is 4.20. The molecule has 3 heterocycles. The average molecular weight is 442 g/mol. The van der Waals surface area contributed by atoms with Crippen LogP contribution in [0.1, 0.15) is 40.2 Å². The molecule has 33 heavy (non-hydrogen) atoms. The van der Waals surface area contributed by atoms with Crippen molar-refractivity contribution in [3.63, 3.8) is 0 Å². The lowest BCUT2D eigenvalue weighted by Crippen LogP contribution is -2.30. The minimum Gasteiger partial charge on any atom is -0.493 e. The molecule has 0 saturated carbocycles. The van der Waals surface area contributed by atoms with Gasteiger partial charge in [0, 0.05) is 6.20 Å². The maximum absolute atomic E-state index is 13.6. The van der Waals surface area contributed by atoms with Gasteiger partial charge >= 0.3 is 0 Å². The van der Waals surface area contributed by atoms with E-state index in [2.05, 4.69) is 4.98 Å². The van der Waals surface area contributed by atoms with Gasteiger partial charge in [0.25, 0.3) is 5.91 Å². The first-order chi connectivity index (χ1) is 16.0. The fraction of sp³-hybridized carbons (Fsp3) is 0.192. The van der Waals surface area contributed by atoms with Crippen LogP contribution >= 0.6 is 0 Å². The van der Waals surface area contributed by atoms with Gasteiger partial charge in [0.2, 0.25) is 5.76 Å². The van der Waals surface area contributed by atoms with Crippen LogP contribution in [0, 0.1) is 6.92 Å². The number of aryl methyl sites for hydroxylation is 1. The zero-order valence-corrected chi connectivity index (χ0v) is 18.5. The van der Waals surface area contributed by atoms with Gasteiger partial charge in [0.15, 0.2) is 16.9 Å². The quantitative estimate of drug-likeness (QED) is 0.447. The summed E-state index contributed by atoms with van der Waals surface area (Å²) < 4.78 is 17.1. The van der Waals surface area contributed by atoms with E-state index in [0.717, 1.165) is 5.56 Å². The van der Waals surface area contributed by atoms with Gasteiger partial charge in [0.05, 0.1) is 30.7 Å². The van der Waals surface area contributed by atoms with E-state index in [1.54, 1.807) is 55.8 Å². The molecular weight excluding hydrogens is 420 g/mol. The lowest BCUT2D eigenvalue weighted by Gasteiger charge is -2.25. The lowest BCUT2D eigenvalue weighted by atomic mass is 9.98. The summed E-state index contributed by atoms with van der Waals surface area (Å²) in [7, 11) is 1.55. The molecule has 1 atom stereocenters. The van der Waals surface area contributed by atoms with Crippen molar-refractivity contribution < 1.29 is 18.7 Å². The highest BCUT2D eigenvalue weighted by molar-refractivity contribution is 6.10. The Bertz CT molecular complexity index is 1430. The molecule has 0 radical (unpaired) electrons. The molecule has 1 aliphatic rings. The van der Waals surface area contributed by atoms with E-state index >= 15 is 0 Å². The number of pyridine rings is 1. The number of para-hydroxylation sites is 1. The van der Waals surface area contributed by atoms with Gasteiger partial charge in [0.1, 0.15) is 11.4 Å². The molecule has 1 aliphatic heterocycles. The molecule has 2 aromatic heterocycles. The number of hydrogen-bond acceptors (Lipinski definition) is 6. The van der Waals surface area contributed by atoms with E-state index in [-0.39, 0.29) is 16.8 Å². The van der Waals surface area contributed by atoms with Crippen molar-refractivity contribution in [3.8, 4) is 11.5 Å². The smallest absolute Gasteiger partial charge is 0.296 e. The highest BCUT2D eigenvalue weighted by Crippen LogP contribution is 2.42. The molecule has 0 saturated heterocycles. The van der Waals surface area contributed by atoms with E-state index in [9.17, 15) is 9.59 Å². The van der Waals surface area contributed by atoms with Gasteiger partial charge in [-0.2, -0.15) is 0 Å². The van der Waals surface area contributed by atoms with Crippen LogP contribution in [0.5, 0.6) is 11.5 Å². The zero-order chi connectivity index (χ0) is 23.1. The van der Waals surface area contributed by atoms with Crippen LogP contribution < -0.4 is 19.8 Å². The van der Waals surface area contributed by atoms with Crippen molar-refractivity contribution >= 4 is 22.7 Å². The number of aromatic nitrogens is 1. The SMILES string of the molecule is CCOc1ccc([C@H]2c3c(oc4ccccc4c3=O)C(=O)N2c2ccc(C)cn2)cc1OC. The Labute approximate surface area is 190 Å². The summed E-state index contributed by atoms with van der Waals surface area (Å²) in [6, 6.07) is 15.2. The number of nitrogens with zero attached hydrogens (tertiary/aromatic N) is 2.